The Labute approximate surface area is 134 Å². The van der Waals surface area contributed by atoms with Crippen molar-refractivity contribution < 1.29 is 13.2 Å². The molecule has 0 unspecified atom stereocenters. The fourth-order valence-electron chi connectivity index (χ4n) is 2.43. The van der Waals surface area contributed by atoms with Crippen LogP contribution >= 0.6 is 0 Å². The molecule has 0 spiro atoms. The number of nitrogens with zero attached hydrogens (tertiary/aromatic N) is 1. The van der Waals surface area contributed by atoms with E-state index >= 15 is 0 Å². The van der Waals surface area contributed by atoms with Crippen LogP contribution in [0.2, 0.25) is 0 Å². The molecule has 3 aromatic rings. The fourth-order valence-corrected chi connectivity index (χ4v) is 2.86. The van der Waals surface area contributed by atoms with E-state index in [0.717, 1.165) is 34.0 Å². The normalized spacial score (nSPS) is 11.7. The quantitative estimate of drug-likeness (QED) is 0.751. The van der Waals surface area contributed by atoms with Gasteiger partial charge in [0.05, 0.1) is 18.9 Å². The number of benzene rings is 2. The maximum absolute atomic E-state index is 11.3. The van der Waals surface area contributed by atoms with Crippen LogP contribution in [0.5, 0.6) is 5.75 Å². The van der Waals surface area contributed by atoms with Gasteiger partial charge in [0.2, 0.25) is 10.0 Å². The third kappa shape index (κ3) is 3.35. The van der Waals surface area contributed by atoms with Crippen LogP contribution in [0.15, 0.2) is 42.5 Å². The topological polar surface area (TPSA) is 84.1 Å². The molecule has 1 aromatic heterocycles. The van der Waals surface area contributed by atoms with E-state index in [4.69, 9.17) is 4.74 Å². The van der Waals surface area contributed by atoms with Crippen molar-refractivity contribution in [3.63, 3.8) is 0 Å². The van der Waals surface area contributed by atoms with Crippen molar-refractivity contribution in [3.8, 4) is 17.0 Å². The minimum absolute atomic E-state index is 0.220. The van der Waals surface area contributed by atoms with E-state index in [0.29, 0.717) is 5.75 Å². The Morgan fingerprint density at radius 1 is 1.22 bits per heavy atom. The molecule has 0 saturated heterocycles. The molecular weight excluding hydrogens is 314 g/mol. The van der Waals surface area contributed by atoms with Crippen molar-refractivity contribution in [1.29, 1.82) is 0 Å². The Bertz CT molecular complexity index is 948. The highest BCUT2D eigenvalue weighted by Gasteiger charge is 2.14. The summed E-state index contributed by atoms with van der Waals surface area (Å²) in [5.74, 6) is 0.686. The maximum atomic E-state index is 11.3. The number of hydrogen-bond acceptors (Lipinski definition) is 4. The summed E-state index contributed by atoms with van der Waals surface area (Å²) in [7, 11) is -1.64. The van der Waals surface area contributed by atoms with Crippen LogP contribution in [0.4, 0.5) is 0 Å². The third-order valence-electron chi connectivity index (χ3n) is 3.53. The molecule has 0 radical (unpaired) electrons. The molecule has 7 heteroatoms. The first-order chi connectivity index (χ1) is 11.0. The van der Waals surface area contributed by atoms with Gasteiger partial charge in [0.1, 0.15) is 11.4 Å². The molecule has 0 atom stereocenters. The van der Waals surface area contributed by atoms with Crippen LogP contribution in [0.1, 0.15) is 5.56 Å². The first kappa shape index (κ1) is 15.5. The summed E-state index contributed by atoms with van der Waals surface area (Å²) >= 11 is 0. The van der Waals surface area contributed by atoms with Gasteiger partial charge in [-0.3, -0.25) is 5.10 Å². The number of H-pyrrole nitrogens is 1. The van der Waals surface area contributed by atoms with Gasteiger partial charge >= 0.3 is 0 Å². The number of methoxy groups -OCH3 is 1. The van der Waals surface area contributed by atoms with Crippen LogP contribution in [0, 0.1) is 0 Å². The highest BCUT2D eigenvalue weighted by atomic mass is 32.2. The summed E-state index contributed by atoms with van der Waals surface area (Å²) in [5, 5.41) is 8.36. The molecule has 0 amide bonds. The Hall–Kier alpha value is -2.38. The Morgan fingerprint density at radius 3 is 2.74 bits per heavy atom. The number of ether oxygens (including phenoxy) is 1. The van der Waals surface area contributed by atoms with Gasteiger partial charge in [-0.15, -0.1) is 0 Å². The standard InChI is InChI=1S/C16H17N3O3S/c1-22-15-8-7-11(10-17-23(2,20)21)9-13(15)16-12-5-3-4-6-14(12)18-19-16/h3-9,17H,10H2,1-2H3,(H,18,19). The number of para-hydroxylation sites is 1. The van der Waals surface area contributed by atoms with Gasteiger partial charge in [-0.25, -0.2) is 13.1 Å². The lowest BCUT2D eigenvalue weighted by Crippen LogP contribution is -2.21. The number of nitrogens with one attached hydrogen (secondary N) is 2. The average molecular weight is 331 g/mol. The highest BCUT2D eigenvalue weighted by molar-refractivity contribution is 7.88. The lowest BCUT2D eigenvalue weighted by Gasteiger charge is -2.10. The number of rotatable bonds is 5. The second kappa shape index (κ2) is 6.02. The van der Waals surface area contributed by atoms with Crippen molar-refractivity contribution in [2.75, 3.05) is 13.4 Å². The van der Waals surface area contributed by atoms with Gasteiger partial charge in [0.25, 0.3) is 0 Å². The number of hydrogen-bond donors (Lipinski definition) is 2. The van der Waals surface area contributed by atoms with Crippen LogP contribution in [-0.2, 0) is 16.6 Å². The minimum atomic E-state index is -3.24. The van der Waals surface area contributed by atoms with E-state index in [1.165, 1.54) is 0 Å². The monoisotopic (exact) mass is 331 g/mol. The summed E-state index contributed by atoms with van der Waals surface area (Å²) in [6.07, 6.45) is 1.14. The number of aromatic amines is 1. The Balaban J connectivity index is 2.06. The molecule has 1 heterocycles. The van der Waals surface area contributed by atoms with E-state index in [1.807, 2.05) is 42.5 Å². The van der Waals surface area contributed by atoms with Crippen LogP contribution in [0.25, 0.3) is 22.2 Å². The highest BCUT2D eigenvalue weighted by Crippen LogP contribution is 2.34. The molecule has 3 rings (SSSR count). The number of aromatic nitrogens is 2. The van der Waals surface area contributed by atoms with E-state index < -0.39 is 10.0 Å². The first-order valence-corrected chi connectivity index (χ1v) is 8.92. The second-order valence-electron chi connectivity index (χ2n) is 5.25. The molecule has 2 aromatic carbocycles. The average Bonchev–Trinajstić information content (AvgIpc) is 2.96. The predicted molar refractivity (Wildman–Crippen MR) is 89.8 cm³/mol. The smallest absolute Gasteiger partial charge is 0.209 e. The van der Waals surface area contributed by atoms with Crippen molar-refractivity contribution in [3.05, 3.63) is 48.0 Å². The number of sulfonamides is 1. The van der Waals surface area contributed by atoms with Crippen LogP contribution in [0.3, 0.4) is 0 Å². The SMILES string of the molecule is COc1ccc(CNS(C)(=O)=O)cc1-c1n[nH]c2ccccc12. The van der Waals surface area contributed by atoms with Gasteiger partial charge in [0, 0.05) is 17.5 Å². The zero-order valence-electron chi connectivity index (χ0n) is 12.8. The molecule has 0 fully saturated rings. The van der Waals surface area contributed by atoms with Crippen LogP contribution in [-0.4, -0.2) is 32.0 Å². The summed E-state index contributed by atoms with van der Waals surface area (Å²) in [5.41, 5.74) is 3.36. The first-order valence-electron chi connectivity index (χ1n) is 7.03. The molecular formula is C16H17N3O3S. The van der Waals surface area contributed by atoms with E-state index in [2.05, 4.69) is 14.9 Å². The zero-order valence-corrected chi connectivity index (χ0v) is 13.6. The van der Waals surface area contributed by atoms with Gasteiger partial charge < -0.3 is 4.74 Å². The third-order valence-corrected chi connectivity index (χ3v) is 4.20. The van der Waals surface area contributed by atoms with E-state index in [-0.39, 0.29) is 6.54 Å². The van der Waals surface area contributed by atoms with E-state index in [1.54, 1.807) is 7.11 Å². The lowest BCUT2D eigenvalue weighted by atomic mass is 10.0. The molecule has 0 aliphatic rings. The Morgan fingerprint density at radius 2 is 2.00 bits per heavy atom. The van der Waals surface area contributed by atoms with E-state index in [9.17, 15) is 8.42 Å². The maximum Gasteiger partial charge on any atom is 0.209 e. The van der Waals surface area contributed by atoms with Crippen LogP contribution < -0.4 is 9.46 Å². The predicted octanol–water partition coefficient (Wildman–Crippen LogP) is 2.29. The summed E-state index contributed by atoms with van der Waals surface area (Å²) < 4.78 is 30.4. The van der Waals surface area contributed by atoms with Crippen molar-refractivity contribution in [2.24, 2.45) is 0 Å². The van der Waals surface area contributed by atoms with Crippen molar-refractivity contribution >= 4 is 20.9 Å². The molecule has 6 nitrogen and oxygen atoms in total. The molecule has 23 heavy (non-hydrogen) atoms. The minimum Gasteiger partial charge on any atom is -0.496 e. The fraction of sp³-hybridized carbons (Fsp3) is 0.188. The van der Waals surface area contributed by atoms with Gasteiger partial charge in [-0.1, -0.05) is 24.3 Å². The number of fused-ring (bicyclic) bond motifs is 1. The summed E-state index contributed by atoms with van der Waals surface area (Å²) in [6.45, 7) is 0.220. The van der Waals surface area contributed by atoms with Gasteiger partial charge in [-0.2, -0.15) is 5.10 Å². The lowest BCUT2D eigenvalue weighted by molar-refractivity contribution is 0.416. The summed E-state index contributed by atoms with van der Waals surface area (Å²) in [6, 6.07) is 13.4. The largest absolute Gasteiger partial charge is 0.496 e. The van der Waals surface area contributed by atoms with Crippen molar-refractivity contribution in [1.82, 2.24) is 14.9 Å². The van der Waals surface area contributed by atoms with Gasteiger partial charge in [-0.05, 0) is 23.8 Å². The molecule has 0 saturated carbocycles. The molecule has 120 valence electrons. The molecule has 0 aliphatic heterocycles. The molecule has 0 aliphatic carbocycles. The van der Waals surface area contributed by atoms with Crippen molar-refractivity contribution in [2.45, 2.75) is 6.54 Å². The Kier molecular flexibility index (Phi) is 4.06. The zero-order chi connectivity index (χ0) is 16.4. The molecule has 2 N–H and O–H groups in total. The van der Waals surface area contributed by atoms with Gasteiger partial charge in [0.15, 0.2) is 0 Å². The second-order valence-corrected chi connectivity index (χ2v) is 7.08. The summed E-state index contributed by atoms with van der Waals surface area (Å²) in [4.78, 5) is 0. The molecule has 0 bridgehead atoms.